The Morgan fingerprint density at radius 2 is 1.93 bits per heavy atom. The van der Waals surface area contributed by atoms with Crippen molar-refractivity contribution >= 4 is 0 Å². The summed E-state index contributed by atoms with van der Waals surface area (Å²) in [5.74, 6) is 0.759. The lowest BCUT2D eigenvalue weighted by atomic mass is 9.84. The summed E-state index contributed by atoms with van der Waals surface area (Å²) in [6, 6.07) is 0.469. The largest absolute Gasteiger partial charge is 0.394 e. The zero-order chi connectivity index (χ0) is 10.4. The standard InChI is InChI=1S/C11H23NO2/c1-9(12-7-11(14)8-13)10-5-3-2-4-6-10/h9-14H,2-8H2,1H3/t9-,11?/m1/s1. The molecule has 2 atom stereocenters. The Balaban J connectivity index is 2.16. The van der Waals surface area contributed by atoms with Gasteiger partial charge in [-0.3, -0.25) is 0 Å². The van der Waals surface area contributed by atoms with Crippen LogP contribution in [0.1, 0.15) is 39.0 Å². The minimum atomic E-state index is -0.610. The normalized spacial score (nSPS) is 23.4. The Morgan fingerprint density at radius 3 is 2.50 bits per heavy atom. The molecular weight excluding hydrogens is 178 g/mol. The van der Waals surface area contributed by atoms with E-state index in [1.165, 1.54) is 32.1 Å². The topological polar surface area (TPSA) is 52.5 Å². The van der Waals surface area contributed by atoms with Crippen LogP contribution >= 0.6 is 0 Å². The third kappa shape index (κ3) is 3.95. The molecule has 0 aromatic heterocycles. The Morgan fingerprint density at radius 1 is 1.29 bits per heavy atom. The quantitative estimate of drug-likeness (QED) is 0.619. The van der Waals surface area contributed by atoms with Gasteiger partial charge in [-0.1, -0.05) is 19.3 Å². The first kappa shape index (κ1) is 12.0. The first-order chi connectivity index (χ1) is 6.74. The van der Waals surface area contributed by atoms with Gasteiger partial charge in [-0.2, -0.15) is 0 Å². The number of rotatable bonds is 5. The van der Waals surface area contributed by atoms with Gasteiger partial charge < -0.3 is 15.5 Å². The average molecular weight is 201 g/mol. The van der Waals surface area contributed by atoms with Crippen LogP contribution < -0.4 is 5.32 Å². The van der Waals surface area contributed by atoms with E-state index in [-0.39, 0.29) is 6.61 Å². The molecule has 0 aromatic rings. The summed E-state index contributed by atoms with van der Waals surface area (Å²) in [5.41, 5.74) is 0. The molecule has 3 nitrogen and oxygen atoms in total. The van der Waals surface area contributed by atoms with E-state index < -0.39 is 6.10 Å². The highest BCUT2D eigenvalue weighted by molar-refractivity contribution is 4.76. The molecule has 0 saturated heterocycles. The zero-order valence-corrected chi connectivity index (χ0v) is 9.08. The molecular formula is C11H23NO2. The summed E-state index contributed by atoms with van der Waals surface area (Å²) in [4.78, 5) is 0. The van der Waals surface area contributed by atoms with Crippen molar-refractivity contribution in [2.45, 2.75) is 51.2 Å². The zero-order valence-electron chi connectivity index (χ0n) is 9.08. The second-order valence-electron chi connectivity index (χ2n) is 4.43. The summed E-state index contributed by atoms with van der Waals surface area (Å²) in [6.45, 7) is 2.54. The molecule has 0 radical (unpaired) electrons. The minimum Gasteiger partial charge on any atom is -0.394 e. The number of hydrogen-bond acceptors (Lipinski definition) is 3. The molecule has 1 unspecified atom stereocenters. The van der Waals surface area contributed by atoms with E-state index in [0.717, 1.165) is 5.92 Å². The van der Waals surface area contributed by atoms with Crippen LogP contribution in [0.3, 0.4) is 0 Å². The molecule has 0 bridgehead atoms. The van der Waals surface area contributed by atoms with Gasteiger partial charge in [0.25, 0.3) is 0 Å². The lowest BCUT2D eigenvalue weighted by molar-refractivity contribution is 0.0890. The van der Waals surface area contributed by atoms with Gasteiger partial charge in [0.2, 0.25) is 0 Å². The van der Waals surface area contributed by atoms with Crippen LogP contribution in [-0.4, -0.2) is 35.5 Å². The molecule has 1 rings (SSSR count). The summed E-state index contributed by atoms with van der Waals surface area (Å²) in [6.07, 6.45) is 6.08. The van der Waals surface area contributed by atoms with Crippen LogP contribution in [0.25, 0.3) is 0 Å². The maximum atomic E-state index is 9.19. The van der Waals surface area contributed by atoms with Gasteiger partial charge in [-0.25, -0.2) is 0 Å². The smallest absolute Gasteiger partial charge is 0.0895 e. The molecule has 0 heterocycles. The second-order valence-corrected chi connectivity index (χ2v) is 4.43. The van der Waals surface area contributed by atoms with E-state index in [2.05, 4.69) is 12.2 Å². The van der Waals surface area contributed by atoms with Crippen molar-refractivity contribution in [2.75, 3.05) is 13.2 Å². The molecule has 84 valence electrons. The van der Waals surface area contributed by atoms with E-state index >= 15 is 0 Å². The molecule has 1 saturated carbocycles. The summed E-state index contributed by atoms with van der Waals surface area (Å²) in [5, 5.41) is 21.2. The Kier molecular flexibility index (Phi) is 5.45. The van der Waals surface area contributed by atoms with Crippen LogP contribution in [0.5, 0.6) is 0 Å². The molecule has 0 aromatic carbocycles. The van der Waals surface area contributed by atoms with Gasteiger partial charge in [0.15, 0.2) is 0 Å². The Bertz CT molecular complexity index is 146. The van der Waals surface area contributed by atoms with Gasteiger partial charge in [0.05, 0.1) is 12.7 Å². The number of aliphatic hydroxyl groups is 2. The van der Waals surface area contributed by atoms with Crippen LogP contribution in [0.4, 0.5) is 0 Å². The molecule has 1 aliphatic carbocycles. The van der Waals surface area contributed by atoms with Crippen molar-refractivity contribution in [3.63, 3.8) is 0 Å². The highest BCUT2D eigenvalue weighted by atomic mass is 16.3. The van der Waals surface area contributed by atoms with E-state index in [4.69, 9.17) is 5.11 Å². The highest BCUT2D eigenvalue weighted by Crippen LogP contribution is 2.26. The van der Waals surface area contributed by atoms with Gasteiger partial charge in [-0.15, -0.1) is 0 Å². The van der Waals surface area contributed by atoms with Gasteiger partial charge in [0.1, 0.15) is 0 Å². The lowest BCUT2D eigenvalue weighted by Gasteiger charge is -2.28. The van der Waals surface area contributed by atoms with Crippen LogP contribution in [0.2, 0.25) is 0 Å². The Hall–Kier alpha value is -0.120. The first-order valence-corrected chi connectivity index (χ1v) is 5.76. The predicted octanol–water partition coefficient (Wildman–Crippen LogP) is 0.898. The van der Waals surface area contributed by atoms with Crippen LogP contribution in [0.15, 0.2) is 0 Å². The molecule has 1 fully saturated rings. The maximum absolute atomic E-state index is 9.19. The van der Waals surface area contributed by atoms with Crippen molar-refractivity contribution in [3.8, 4) is 0 Å². The van der Waals surface area contributed by atoms with E-state index in [1.54, 1.807) is 0 Å². The lowest BCUT2D eigenvalue weighted by Crippen LogP contribution is -2.40. The molecule has 14 heavy (non-hydrogen) atoms. The van der Waals surface area contributed by atoms with Crippen molar-refractivity contribution in [3.05, 3.63) is 0 Å². The minimum absolute atomic E-state index is 0.148. The van der Waals surface area contributed by atoms with E-state index in [1.807, 2.05) is 0 Å². The third-order valence-electron chi connectivity index (χ3n) is 3.24. The molecule has 0 amide bonds. The van der Waals surface area contributed by atoms with Crippen molar-refractivity contribution < 1.29 is 10.2 Å². The monoisotopic (exact) mass is 201 g/mol. The molecule has 0 aliphatic heterocycles. The first-order valence-electron chi connectivity index (χ1n) is 5.76. The fourth-order valence-corrected chi connectivity index (χ4v) is 2.19. The summed E-state index contributed by atoms with van der Waals surface area (Å²) in [7, 11) is 0. The van der Waals surface area contributed by atoms with Gasteiger partial charge >= 0.3 is 0 Å². The summed E-state index contributed by atoms with van der Waals surface area (Å²) < 4.78 is 0. The number of aliphatic hydroxyl groups excluding tert-OH is 2. The fourth-order valence-electron chi connectivity index (χ4n) is 2.19. The van der Waals surface area contributed by atoms with Crippen LogP contribution in [0, 0.1) is 5.92 Å². The maximum Gasteiger partial charge on any atom is 0.0895 e. The number of hydrogen-bond donors (Lipinski definition) is 3. The Labute approximate surface area is 86.5 Å². The SMILES string of the molecule is C[C@@H](NCC(O)CO)C1CCCCC1. The van der Waals surface area contributed by atoms with Crippen molar-refractivity contribution in [2.24, 2.45) is 5.92 Å². The predicted molar refractivity (Wildman–Crippen MR) is 57.1 cm³/mol. The highest BCUT2D eigenvalue weighted by Gasteiger charge is 2.19. The van der Waals surface area contributed by atoms with Gasteiger partial charge in [-0.05, 0) is 25.7 Å². The van der Waals surface area contributed by atoms with E-state index in [9.17, 15) is 5.11 Å². The number of nitrogens with one attached hydrogen (secondary N) is 1. The van der Waals surface area contributed by atoms with Crippen molar-refractivity contribution in [1.82, 2.24) is 5.32 Å². The molecule has 1 aliphatic rings. The van der Waals surface area contributed by atoms with Gasteiger partial charge in [0, 0.05) is 12.6 Å². The molecule has 3 heteroatoms. The van der Waals surface area contributed by atoms with Crippen molar-refractivity contribution in [1.29, 1.82) is 0 Å². The second kappa shape index (κ2) is 6.38. The molecule has 3 N–H and O–H groups in total. The van der Waals surface area contributed by atoms with E-state index in [0.29, 0.717) is 12.6 Å². The van der Waals surface area contributed by atoms with Crippen LogP contribution in [-0.2, 0) is 0 Å². The third-order valence-corrected chi connectivity index (χ3v) is 3.24. The average Bonchev–Trinajstić information content (AvgIpc) is 2.26. The molecule has 0 spiro atoms. The fraction of sp³-hybridized carbons (Fsp3) is 1.00. The summed E-state index contributed by atoms with van der Waals surface area (Å²) >= 11 is 0.